The summed E-state index contributed by atoms with van der Waals surface area (Å²) in [7, 11) is 0. The monoisotopic (exact) mass is 1110 g/mol. The van der Waals surface area contributed by atoms with E-state index in [1.54, 1.807) is 60.7 Å². The lowest BCUT2D eigenvalue weighted by molar-refractivity contribution is -0.149. The molecule has 6 N–H and O–H groups in total. The lowest BCUT2D eigenvalue weighted by Gasteiger charge is -2.31. The second-order valence-corrected chi connectivity index (χ2v) is 17.6. The molecule has 28 heteroatoms. The average Bonchev–Trinajstić information content (AvgIpc) is 4.02. The van der Waals surface area contributed by atoms with E-state index in [0.717, 1.165) is 9.13 Å². The second kappa shape index (κ2) is 25.5. The maximum absolute atomic E-state index is 14.4. The molecule has 0 saturated heterocycles. The van der Waals surface area contributed by atoms with Gasteiger partial charge < -0.3 is 30.4 Å². The van der Waals surface area contributed by atoms with Crippen molar-refractivity contribution < 1.29 is 71.9 Å². The number of fused-ring (bicyclic) bond motifs is 2. The number of alkyl halides is 6. The normalized spacial score (nSPS) is 14.8. The Hall–Kier alpha value is -7.88. The van der Waals surface area contributed by atoms with Gasteiger partial charge >= 0.3 is 12.4 Å². The van der Waals surface area contributed by atoms with Crippen molar-refractivity contribution in [2.24, 2.45) is 11.5 Å². The summed E-state index contributed by atoms with van der Waals surface area (Å²) in [4.78, 5) is 53.3. The Morgan fingerprint density at radius 3 is 1.15 bits per heavy atom. The van der Waals surface area contributed by atoms with E-state index in [2.05, 4.69) is 31.0 Å². The molecule has 420 valence electrons. The molecule has 0 fully saturated rings. The lowest BCUT2D eigenvalue weighted by Crippen LogP contribution is -2.46. The van der Waals surface area contributed by atoms with Gasteiger partial charge in [0.25, 0.3) is 0 Å². The molecule has 0 saturated carbocycles. The van der Waals surface area contributed by atoms with Gasteiger partial charge in [0.15, 0.2) is 34.9 Å². The number of carbonyl (C=O) groups is 4. The van der Waals surface area contributed by atoms with E-state index in [4.69, 9.17) is 11.5 Å². The minimum absolute atomic E-state index is 0. The maximum atomic E-state index is 14.4. The number of benzene rings is 4. The molecule has 4 amide bonds. The van der Waals surface area contributed by atoms with Crippen LogP contribution in [-0.4, -0.2) is 88.1 Å². The topological polar surface area (TPSA) is 212 Å². The largest absolute Gasteiger partial charge is 0.451 e. The van der Waals surface area contributed by atoms with Crippen molar-refractivity contribution >= 4 is 23.6 Å². The molecule has 2 aliphatic heterocycles. The van der Waals surface area contributed by atoms with Crippen LogP contribution in [0.1, 0.15) is 85.3 Å². The van der Waals surface area contributed by atoms with Crippen LogP contribution in [0.15, 0.2) is 84.9 Å². The van der Waals surface area contributed by atoms with Crippen molar-refractivity contribution in [1.82, 2.24) is 50.0 Å². The summed E-state index contributed by atoms with van der Waals surface area (Å²) in [5.74, 6) is -12.6. The highest BCUT2D eigenvalue weighted by atomic mass is 19.4. The van der Waals surface area contributed by atoms with Crippen LogP contribution >= 0.6 is 0 Å². The highest BCUT2D eigenvalue weighted by Crippen LogP contribution is 2.32. The highest BCUT2D eigenvalue weighted by Gasteiger charge is 2.42. The molecule has 4 heterocycles. The molecule has 4 atom stereocenters. The van der Waals surface area contributed by atoms with Gasteiger partial charge in [-0.05, 0) is 47.2 Å². The number of nitrogens with two attached hydrogens (primary N) is 2. The number of carbonyl (C=O) groups excluding carboxylic acids is 4. The molecule has 0 unspecified atom stereocenters. The van der Waals surface area contributed by atoms with Crippen molar-refractivity contribution in [3.8, 4) is 0 Å². The number of nitrogens with zero attached hydrogens (tertiary/aromatic N) is 8. The van der Waals surface area contributed by atoms with Gasteiger partial charge in [-0.15, -0.1) is 20.4 Å². The minimum atomic E-state index is -4.71. The van der Waals surface area contributed by atoms with Crippen LogP contribution in [-0.2, 0) is 70.6 Å². The maximum Gasteiger partial charge on any atom is 0.451 e. The molecule has 0 radical (unpaired) electrons. The summed E-state index contributed by atoms with van der Waals surface area (Å²) in [6, 6.07) is 14.3. The number of hydrogen-bond donors (Lipinski definition) is 4. The predicted molar refractivity (Wildman–Crippen MR) is 254 cm³/mol. The van der Waals surface area contributed by atoms with Crippen molar-refractivity contribution in [1.29, 1.82) is 0 Å². The number of primary amides is 2. The first kappa shape index (κ1) is 61.0. The van der Waals surface area contributed by atoms with Gasteiger partial charge in [0.05, 0.1) is 13.1 Å². The SMILES string of the molecule is C.C.NC(=O)[C@@H](N[C@@H](CC(=O)N1CCn2c(nnc2C(F)(F)F)C1)Cc1cc(F)c(F)cc1F)c1ccccc1.NC(=O)[C@H](N[C@@H](CC(=O)N1CCn2c(nnc2C(F)(F)F)C1)Cc1cc(F)c(F)cc1F)c1ccccc1. The Kier molecular flexibility index (Phi) is 19.9. The third-order valence-corrected chi connectivity index (χ3v) is 12.3. The van der Waals surface area contributed by atoms with Crippen LogP contribution in [0.3, 0.4) is 0 Å². The number of rotatable bonds is 16. The minimum Gasteiger partial charge on any atom is -0.368 e. The first-order valence-electron chi connectivity index (χ1n) is 22.9. The molecule has 4 aromatic carbocycles. The summed E-state index contributed by atoms with van der Waals surface area (Å²) >= 11 is 0. The summed E-state index contributed by atoms with van der Waals surface area (Å²) in [6.07, 6.45) is -10.8. The zero-order valence-electron chi connectivity index (χ0n) is 39.4. The molecule has 0 spiro atoms. The van der Waals surface area contributed by atoms with Gasteiger partial charge in [-0.3, -0.25) is 29.8 Å². The average molecular weight is 1110 g/mol. The van der Waals surface area contributed by atoms with Crippen LogP contribution in [0.2, 0.25) is 0 Å². The standard InChI is InChI=1S/2C24H22F6N6O2.2CH4/c2*25-16-11-18(27)17(26)9-14(16)8-15(32-21(22(31)38)13-4-2-1-3-5-13)10-20(37)35-6-7-36-19(12-35)33-34-23(36)24(28,29)30;;/h2*1-5,9,11,15,21,32H,6-8,10,12H2,(H2,31,38);2*1H4/t15-,21+;15-,21-;;/m11../s1. The number of halogens is 12. The van der Waals surface area contributed by atoms with E-state index in [1.807, 2.05) is 0 Å². The summed E-state index contributed by atoms with van der Waals surface area (Å²) in [5, 5.41) is 19.2. The predicted octanol–water partition coefficient (Wildman–Crippen LogP) is 7.02. The zero-order chi connectivity index (χ0) is 55.2. The van der Waals surface area contributed by atoms with E-state index in [0.29, 0.717) is 35.4 Å². The van der Waals surface area contributed by atoms with Gasteiger partial charge in [0.1, 0.15) is 23.7 Å². The lowest BCUT2D eigenvalue weighted by atomic mass is 9.98. The number of nitrogens with one attached hydrogen (secondary N) is 2. The molecule has 8 rings (SSSR count). The fraction of sp³-hybridized carbons (Fsp3) is 0.360. The Morgan fingerprint density at radius 2 is 0.833 bits per heavy atom. The van der Waals surface area contributed by atoms with Crippen molar-refractivity contribution in [3.05, 3.63) is 165 Å². The number of aromatic nitrogens is 6. The first-order valence-corrected chi connectivity index (χ1v) is 22.9. The van der Waals surface area contributed by atoms with Gasteiger partial charge in [-0.1, -0.05) is 75.5 Å². The molecule has 0 aliphatic carbocycles. The zero-order valence-corrected chi connectivity index (χ0v) is 39.4. The van der Waals surface area contributed by atoms with Gasteiger partial charge in [-0.25, -0.2) is 26.3 Å². The van der Waals surface area contributed by atoms with Gasteiger partial charge in [0.2, 0.25) is 35.3 Å². The van der Waals surface area contributed by atoms with E-state index < -0.39 is 107 Å². The quantitative estimate of drug-likeness (QED) is 0.0575. The van der Waals surface area contributed by atoms with E-state index in [9.17, 15) is 71.9 Å². The van der Waals surface area contributed by atoms with E-state index >= 15 is 0 Å². The third kappa shape index (κ3) is 14.8. The summed E-state index contributed by atoms with van der Waals surface area (Å²) < 4.78 is 164. The van der Waals surface area contributed by atoms with Gasteiger partial charge in [0, 0.05) is 63.2 Å². The molecule has 2 aromatic heterocycles. The molecule has 6 aromatic rings. The highest BCUT2D eigenvalue weighted by molar-refractivity contribution is 5.83. The number of hydrogen-bond acceptors (Lipinski definition) is 10. The molecule has 0 bridgehead atoms. The molecule has 78 heavy (non-hydrogen) atoms. The molecular formula is C50H52F12N12O4. The smallest absolute Gasteiger partial charge is 0.368 e. The summed E-state index contributed by atoms with van der Waals surface area (Å²) in [5.41, 5.74) is 11.5. The van der Waals surface area contributed by atoms with Crippen LogP contribution in [0.5, 0.6) is 0 Å². The van der Waals surface area contributed by atoms with Crippen molar-refractivity contribution in [2.45, 2.75) is 103 Å². The van der Waals surface area contributed by atoms with Crippen LogP contribution < -0.4 is 22.1 Å². The fourth-order valence-electron chi connectivity index (χ4n) is 8.64. The Morgan fingerprint density at radius 1 is 0.500 bits per heavy atom. The number of amides is 4. The molecular weight excluding hydrogens is 1060 g/mol. The second-order valence-electron chi connectivity index (χ2n) is 17.6. The Bertz CT molecular complexity index is 2860. The van der Waals surface area contributed by atoms with Crippen LogP contribution in [0.25, 0.3) is 0 Å². The Balaban J connectivity index is 0.000000280. The van der Waals surface area contributed by atoms with E-state index in [1.165, 1.54) is 9.80 Å². The Labute approximate surface area is 437 Å². The molecule has 16 nitrogen and oxygen atoms in total. The first-order chi connectivity index (χ1) is 35.9. The van der Waals surface area contributed by atoms with Crippen molar-refractivity contribution in [2.75, 3.05) is 13.1 Å². The summed E-state index contributed by atoms with van der Waals surface area (Å²) in [6.45, 7) is -1.09. The van der Waals surface area contributed by atoms with Crippen LogP contribution in [0, 0.1) is 34.9 Å². The third-order valence-electron chi connectivity index (χ3n) is 12.3. The molecule has 2 aliphatic rings. The van der Waals surface area contributed by atoms with Crippen molar-refractivity contribution in [3.63, 3.8) is 0 Å². The van der Waals surface area contributed by atoms with E-state index in [-0.39, 0.29) is 103 Å². The van der Waals surface area contributed by atoms with Crippen LogP contribution in [0.4, 0.5) is 52.7 Å². The fourth-order valence-corrected chi connectivity index (χ4v) is 8.64. The van der Waals surface area contributed by atoms with Gasteiger partial charge in [-0.2, -0.15) is 26.3 Å².